The summed E-state index contributed by atoms with van der Waals surface area (Å²) in [4.78, 5) is 10.8. The quantitative estimate of drug-likeness (QED) is 0.660. The van der Waals surface area contributed by atoms with Crippen molar-refractivity contribution < 1.29 is 14.4 Å². The van der Waals surface area contributed by atoms with Gasteiger partial charge in [-0.1, -0.05) is 0 Å². The molecule has 112 valence electrons. The molecule has 1 aliphatic rings. The van der Waals surface area contributed by atoms with Gasteiger partial charge in [0, 0.05) is 12.6 Å². The van der Waals surface area contributed by atoms with Gasteiger partial charge in [-0.25, -0.2) is 0 Å². The molecule has 0 aromatic heterocycles. The number of methoxy groups -OCH3 is 1. The van der Waals surface area contributed by atoms with Crippen LogP contribution in [0, 0.1) is 38.7 Å². The first kappa shape index (κ1) is 15.1. The third-order valence-corrected chi connectivity index (χ3v) is 3.33. The number of allylic oxidation sites excluding steroid dienone is 1. The average molecular weight is 300 g/mol. The summed E-state index contributed by atoms with van der Waals surface area (Å²) in [6.45, 7) is 0. The van der Waals surface area contributed by atoms with Crippen LogP contribution < -0.4 is 14.8 Å². The zero-order valence-electron chi connectivity index (χ0n) is 11.9. The Bertz CT molecular complexity index is 715. The van der Waals surface area contributed by atoms with Crippen LogP contribution in [0.4, 0.5) is 0 Å². The van der Waals surface area contributed by atoms with Crippen molar-refractivity contribution in [1.82, 2.24) is 5.32 Å². The fraction of sp³-hybridized carbons (Fsp3) is 0.286. The maximum atomic E-state index is 11.4. The minimum absolute atomic E-state index is 0.0804. The van der Waals surface area contributed by atoms with Crippen LogP contribution >= 0.6 is 0 Å². The summed E-state index contributed by atoms with van der Waals surface area (Å²) < 4.78 is 10.6. The van der Waals surface area contributed by atoms with Crippen molar-refractivity contribution in [3.63, 3.8) is 0 Å². The first-order chi connectivity index (χ1) is 10.6. The molecule has 8 heteroatoms. The largest absolute Gasteiger partial charge is 0.497 e. The third-order valence-electron chi connectivity index (χ3n) is 3.33. The maximum absolute atomic E-state index is 11.4. The molecule has 0 spiro atoms. The second-order valence-corrected chi connectivity index (χ2v) is 4.44. The van der Waals surface area contributed by atoms with E-state index in [9.17, 15) is 20.6 Å². The summed E-state index contributed by atoms with van der Waals surface area (Å²) >= 11 is 0. The summed E-state index contributed by atoms with van der Waals surface area (Å²) in [5, 5.41) is 32.4. The molecular formula is C14H12N4O4. The molecular weight excluding hydrogens is 288 g/mol. The highest BCUT2D eigenvalue weighted by atomic mass is 16.6. The van der Waals surface area contributed by atoms with E-state index >= 15 is 0 Å². The van der Waals surface area contributed by atoms with E-state index < -0.39 is 16.8 Å². The first-order valence-electron chi connectivity index (χ1n) is 6.28. The van der Waals surface area contributed by atoms with Gasteiger partial charge in [-0.05, 0) is 18.2 Å². The topological polar surface area (TPSA) is 121 Å². The molecule has 0 radical (unpaired) electrons. The number of ether oxygens (including phenoxy) is 2. The highest BCUT2D eigenvalue weighted by Crippen LogP contribution is 2.44. The molecule has 1 unspecified atom stereocenters. The average Bonchev–Trinajstić information content (AvgIpc) is 2.54. The zero-order chi connectivity index (χ0) is 16.3. The van der Waals surface area contributed by atoms with Crippen LogP contribution in [0.3, 0.4) is 0 Å². The third kappa shape index (κ3) is 2.38. The highest BCUT2D eigenvalue weighted by molar-refractivity contribution is 5.50. The van der Waals surface area contributed by atoms with Crippen LogP contribution in [0.25, 0.3) is 0 Å². The Hall–Kier alpha value is -3.26. The predicted molar refractivity (Wildman–Crippen MR) is 74.2 cm³/mol. The standard InChI is InChI=1S/C14H12N4O4/c1-17-14-13(18(19)20)12(8(6-15)7-16)10-5-9(21-2)3-4-11(10)22-14/h3-5,8,12,17H,1-2H3. The van der Waals surface area contributed by atoms with Gasteiger partial charge in [0.15, 0.2) is 5.92 Å². The van der Waals surface area contributed by atoms with Crippen LogP contribution in [0.15, 0.2) is 29.8 Å². The van der Waals surface area contributed by atoms with Crippen LogP contribution in [0.2, 0.25) is 0 Å². The Labute approximate surface area is 126 Å². The second-order valence-electron chi connectivity index (χ2n) is 4.44. The lowest BCUT2D eigenvalue weighted by atomic mass is 9.83. The lowest BCUT2D eigenvalue weighted by molar-refractivity contribution is -0.434. The molecule has 2 rings (SSSR count). The van der Waals surface area contributed by atoms with Gasteiger partial charge in [0.1, 0.15) is 17.4 Å². The molecule has 1 atom stereocenters. The van der Waals surface area contributed by atoms with Gasteiger partial charge in [-0.3, -0.25) is 10.1 Å². The van der Waals surface area contributed by atoms with Crippen molar-refractivity contribution in [3.05, 3.63) is 45.5 Å². The van der Waals surface area contributed by atoms with E-state index in [0.717, 1.165) is 0 Å². The van der Waals surface area contributed by atoms with Crippen molar-refractivity contribution in [3.8, 4) is 23.6 Å². The Morgan fingerprint density at radius 3 is 2.64 bits per heavy atom. The van der Waals surface area contributed by atoms with Crippen molar-refractivity contribution in [1.29, 1.82) is 10.5 Å². The molecule has 0 amide bonds. The van der Waals surface area contributed by atoms with Crippen molar-refractivity contribution in [2.45, 2.75) is 5.92 Å². The van der Waals surface area contributed by atoms with E-state index in [0.29, 0.717) is 17.1 Å². The molecule has 0 fully saturated rings. The molecule has 1 N–H and O–H groups in total. The number of nitro groups is 1. The van der Waals surface area contributed by atoms with E-state index in [1.54, 1.807) is 24.3 Å². The highest BCUT2D eigenvalue weighted by Gasteiger charge is 2.43. The van der Waals surface area contributed by atoms with Gasteiger partial charge in [0.25, 0.3) is 5.88 Å². The molecule has 0 saturated carbocycles. The number of hydrogen-bond donors (Lipinski definition) is 1. The minimum Gasteiger partial charge on any atom is -0.497 e. The molecule has 8 nitrogen and oxygen atoms in total. The molecule has 0 aliphatic carbocycles. The lowest BCUT2D eigenvalue weighted by Gasteiger charge is -2.26. The number of benzene rings is 1. The summed E-state index contributed by atoms with van der Waals surface area (Å²) in [5.41, 5.74) is 0.0227. The molecule has 1 aliphatic heterocycles. The fourth-order valence-electron chi connectivity index (χ4n) is 2.33. The summed E-state index contributed by atoms with van der Waals surface area (Å²) in [6.07, 6.45) is 0. The van der Waals surface area contributed by atoms with Crippen LogP contribution in [0.1, 0.15) is 11.5 Å². The number of hydrogen-bond acceptors (Lipinski definition) is 7. The van der Waals surface area contributed by atoms with E-state index in [1.807, 2.05) is 0 Å². The van der Waals surface area contributed by atoms with Gasteiger partial charge in [-0.15, -0.1) is 0 Å². The van der Waals surface area contributed by atoms with E-state index in [2.05, 4.69) is 5.32 Å². The number of nitrogens with zero attached hydrogens (tertiary/aromatic N) is 3. The van der Waals surface area contributed by atoms with Crippen molar-refractivity contribution in [2.24, 2.45) is 5.92 Å². The molecule has 1 heterocycles. The Kier molecular flexibility index (Phi) is 4.14. The summed E-state index contributed by atoms with van der Waals surface area (Å²) in [6, 6.07) is 8.37. The summed E-state index contributed by atoms with van der Waals surface area (Å²) in [5.74, 6) is -1.54. The minimum atomic E-state index is -1.22. The number of nitrogens with one attached hydrogen (secondary N) is 1. The number of rotatable bonds is 4. The zero-order valence-corrected chi connectivity index (χ0v) is 11.9. The van der Waals surface area contributed by atoms with Gasteiger partial charge in [0.2, 0.25) is 0 Å². The fourth-order valence-corrected chi connectivity index (χ4v) is 2.33. The van der Waals surface area contributed by atoms with Crippen molar-refractivity contribution in [2.75, 3.05) is 14.2 Å². The van der Waals surface area contributed by atoms with Crippen LogP contribution in [0.5, 0.6) is 11.5 Å². The molecule has 1 aromatic rings. The monoisotopic (exact) mass is 300 g/mol. The molecule has 22 heavy (non-hydrogen) atoms. The summed E-state index contributed by atoms with van der Waals surface area (Å²) in [7, 11) is 2.92. The Morgan fingerprint density at radius 1 is 1.45 bits per heavy atom. The van der Waals surface area contributed by atoms with Gasteiger partial charge < -0.3 is 14.8 Å². The lowest BCUT2D eigenvalue weighted by Crippen LogP contribution is -2.30. The molecule has 1 aromatic carbocycles. The number of fused-ring (bicyclic) bond motifs is 1. The Balaban J connectivity index is 2.72. The molecule has 0 saturated heterocycles. The van der Waals surface area contributed by atoms with Crippen LogP contribution in [-0.4, -0.2) is 19.1 Å². The first-order valence-corrected chi connectivity index (χ1v) is 6.28. The van der Waals surface area contributed by atoms with E-state index in [-0.39, 0.29) is 11.6 Å². The van der Waals surface area contributed by atoms with Gasteiger partial charge >= 0.3 is 5.70 Å². The van der Waals surface area contributed by atoms with Crippen LogP contribution in [-0.2, 0) is 0 Å². The smallest absolute Gasteiger partial charge is 0.315 e. The second kappa shape index (κ2) is 6.02. The normalized spacial score (nSPS) is 16.1. The van der Waals surface area contributed by atoms with Crippen molar-refractivity contribution >= 4 is 0 Å². The Morgan fingerprint density at radius 2 is 2.14 bits per heavy atom. The SMILES string of the molecule is CNC1=C([N+](=O)[O-])C(C(C#N)C#N)c2cc(OC)ccc2O1. The van der Waals surface area contributed by atoms with E-state index in [1.165, 1.54) is 20.2 Å². The van der Waals surface area contributed by atoms with Gasteiger partial charge in [0.05, 0.1) is 24.2 Å². The van der Waals surface area contributed by atoms with Gasteiger partial charge in [-0.2, -0.15) is 10.5 Å². The number of nitriles is 2. The predicted octanol–water partition coefficient (Wildman–Crippen LogP) is 1.50. The molecule has 0 bridgehead atoms. The maximum Gasteiger partial charge on any atom is 0.315 e. The van der Waals surface area contributed by atoms with E-state index in [4.69, 9.17) is 9.47 Å².